The van der Waals surface area contributed by atoms with E-state index < -0.39 is 0 Å². The van der Waals surface area contributed by atoms with Crippen LogP contribution >= 0.6 is 0 Å². The molecule has 2 N–H and O–H groups in total. The van der Waals surface area contributed by atoms with Crippen molar-refractivity contribution < 1.29 is 0 Å². The van der Waals surface area contributed by atoms with E-state index in [1.54, 1.807) is 0 Å². The van der Waals surface area contributed by atoms with Gasteiger partial charge in [-0.3, -0.25) is 0 Å². The molecule has 0 saturated carbocycles. The monoisotopic (exact) mass is 194 g/mol. The molecule has 0 aliphatic carbocycles. The lowest BCUT2D eigenvalue weighted by molar-refractivity contribution is 0.367. The molecule has 1 aromatic heterocycles. The number of rotatable bonds is 3. The van der Waals surface area contributed by atoms with Crippen molar-refractivity contribution >= 4 is 0 Å². The third-order valence-electron chi connectivity index (χ3n) is 2.74. The van der Waals surface area contributed by atoms with E-state index in [2.05, 4.69) is 21.7 Å². The van der Waals surface area contributed by atoms with Gasteiger partial charge >= 0.3 is 0 Å². The molecule has 78 valence electrons. The summed E-state index contributed by atoms with van der Waals surface area (Å²) in [6.45, 7) is 4.02. The van der Waals surface area contributed by atoms with Crippen LogP contribution in [0.1, 0.15) is 31.4 Å². The van der Waals surface area contributed by atoms with E-state index in [1.807, 2.05) is 0 Å². The number of aromatic nitrogens is 3. The molecule has 0 aromatic carbocycles. The molecular formula is C10H18N4. The van der Waals surface area contributed by atoms with E-state index in [0.29, 0.717) is 0 Å². The lowest BCUT2D eigenvalue weighted by atomic mass is 10.0. The van der Waals surface area contributed by atoms with Crippen LogP contribution in [0.15, 0.2) is 0 Å². The number of hydrogen-bond donors (Lipinski definition) is 1. The van der Waals surface area contributed by atoms with E-state index in [0.717, 1.165) is 49.9 Å². The molecule has 0 spiro atoms. The molecule has 0 radical (unpaired) electrons. The van der Waals surface area contributed by atoms with Crippen LogP contribution in [0.25, 0.3) is 0 Å². The Morgan fingerprint density at radius 1 is 1.57 bits per heavy atom. The molecule has 1 unspecified atom stereocenters. The molecule has 1 aromatic rings. The summed E-state index contributed by atoms with van der Waals surface area (Å²) in [5.74, 6) is 2.88. The minimum absolute atomic E-state index is 0.722. The van der Waals surface area contributed by atoms with Crippen molar-refractivity contribution in [3.8, 4) is 0 Å². The molecule has 1 aliphatic rings. The molecule has 0 saturated heterocycles. The molecule has 0 bridgehead atoms. The maximum atomic E-state index is 5.46. The smallest absolute Gasteiger partial charge is 0.151 e. The zero-order valence-corrected chi connectivity index (χ0v) is 8.74. The van der Waals surface area contributed by atoms with Gasteiger partial charge < -0.3 is 5.73 Å². The summed E-state index contributed by atoms with van der Waals surface area (Å²) in [5.41, 5.74) is 5.46. The molecule has 14 heavy (non-hydrogen) atoms. The Bertz CT molecular complexity index is 305. The largest absolute Gasteiger partial charge is 0.330 e. The third kappa shape index (κ3) is 1.95. The zero-order valence-electron chi connectivity index (χ0n) is 8.74. The highest BCUT2D eigenvalue weighted by Crippen LogP contribution is 2.17. The molecule has 2 rings (SSSR count). The van der Waals surface area contributed by atoms with Crippen molar-refractivity contribution in [2.24, 2.45) is 11.7 Å². The molecule has 0 fully saturated rings. The van der Waals surface area contributed by atoms with Gasteiger partial charge in [-0.25, -0.2) is 9.67 Å². The van der Waals surface area contributed by atoms with Crippen LogP contribution in [0, 0.1) is 5.92 Å². The highest BCUT2D eigenvalue weighted by atomic mass is 15.4. The molecule has 1 atom stereocenters. The van der Waals surface area contributed by atoms with Crippen LogP contribution in [0.2, 0.25) is 0 Å². The summed E-state index contributed by atoms with van der Waals surface area (Å²) in [6.07, 6.45) is 4.23. The molecule has 1 aliphatic heterocycles. The van der Waals surface area contributed by atoms with Crippen LogP contribution in [0.4, 0.5) is 0 Å². The minimum Gasteiger partial charge on any atom is -0.330 e. The first-order valence-corrected chi connectivity index (χ1v) is 5.42. The van der Waals surface area contributed by atoms with E-state index in [9.17, 15) is 0 Å². The number of fused-ring (bicyclic) bond motifs is 1. The van der Waals surface area contributed by atoms with Gasteiger partial charge in [0.2, 0.25) is 0 Å². The van der Waals surface area contributed by atoms with Crippen molar-refractivity contribution in [2.45, 2.75) is 39.2 Å². The molecule has 2 heterocycles. The van der Waals surface area contributed by atoms with Gasteiger partial charge in [0, 0.05) is 19.4 Å². The van der Waals surface area contributed by atoms with E-state index in [4.69, 9.17) is 5.73 Å². The first-order chi connectivity index (χ1) is 6.79. The van der Waals surface area contributed by atoms with Crippen molar-refractivity contribution in [3.05, 3.63) is 11.6 Å². The van der Waals surface area contributed by atoms with Gasteiger partial charge in [0.25, 0.3) is 0 Å². The van der Waals surface area contributed by atoms with Gasteiger partial charge in [0.15, 0.2) is 5.82 Å². The summed E-state index contributed by atoms with van der Waals surface area (Å²) >= 11 is 0. The predicted octanol–water partition coefficient (Wildman–Crippen LogP) is 0.752. The maximum Gasteiger partial charge on any atom is 0.151 e. The topological polar surface area (TPSA) is 56.7 Å². The summed E-state index contributed by atoms with van der Waals surface area (Å²) < 4.78 is 2.07. The van der Waals surface area contributed by atoms with E-state index in [1.165, 1.54) is 6.42 Å². The van der Waals surface area contributed by atoms with Crippen LogP contribution in [0.3, 0.4) is 0 Å². The predicted molar refractivity (Wildman–Crippen MR) is 54.9 cm³/mol. The minimum atomic E-state index is 0.722. The number of hydrogen-bond acceptors (Lipinski definition) is 3. The Labute approximate surface area is 84.5 Å². The van der Waals surface area contributed by atoms with Gasteiger partial charge in [-0.15, -0.1) is 0 Å². The highest BCUT2D eigenvalue weighted by Gasteiger charge is 2.17. The van der Waals surface area contributed by atoms with E-state index in [-0.39, 0.29) is 0 Å². The van der Waals surface area contributed by atoms with Crippen LogP contribution in [-0.2, 0) is 19.4 Å². The standard InChI is InChI=1S/C10H18N4/c1-8-4-5-10-12-9(3-2-6-11)13-14(10)7-8/h8H,2-7,11H2,1H3. The van der Waals surface area contributed by atoms with Crippen LogP contribution < -0.4 is 5.73 Å². The highest BCUT2D eigenvalue weighted by molar-refractivity contribution is 4.96. The number of nitrogens with zero attached hydrogens (tertiary/aromatic N) is 3. The fraction of sp³-hybridized carbons (Fsp3) is 0.800. The zero-order chi connectivity index (χ0) is 9.97. The van der Waals surface area contributed by atoms with Gasteiger partial charge in [0.05, 0.1) is 0 Å². The summed E-state index contributed by atoms with van der Waals surface area (Å²) in [7, 11) is 0. The second kappa shape index (κ2) is 4.09. The molecular weight excluding hydrogens is 176 g/mol. The van der Waals surface area contributed by atoms with Gasteiger partial charge in [-0.05, 0) is 25.3 Å². The number of aryl methyl sites for hydroxylation is 2. The molecule has 4 nitrogen and oxygen atoms in total. The van der Waals surface area contributed by atoms with Crippen LogP contribution in [0.5, 0.6) is 0 Å². The summed E-state index contributed by atoms with van der Waals surface area (Å²) in [6, 6.07) is 0. The Hall–Kier alpha value is -0.900. The van der Waals surface area contributed by atoms with Crippen molar-refractivity contribution in [1.82, 2.24) is 14.8 Å². The SMILES string of the molecule is CC1CCc2nc(CCCN)nn2C1. The van der Waals surface area contributed by atoms with Crippen molar-refractivity contribution in [1.29, 1.82) is 0 Å². The quantitative estimate of drug-likeness (QED) is 0.772. The average molecular weight is 194 g/mol. The molecule has 4 heteroatoms. The molecule has 0 amide bonds. The van der Waals surface area contributed by atoms with Gasteiger partial charge in [-0.1, -0.05) is 6.92 Å². The second-order valence-electron chi connectivity index (χ2n) is 4.16. The first-order valence-electron chi connectivity index (χ1n) is 5.42. The lowest BCUT2D eigenvalue weighted by Crippen LogP contribution is -2.18. The Kier molecular flexibility index (Phi) is 2.82. The normalized spacial score (nSPS) is 20.9. The van der Waals surface area contributed by atoms with Crippen LogP contribution in [-0.4, -0.2) is 21.3 Å². The Morgan fingerprint density at radius 2 is 2.43 bits per heavy atom. The maximum absolute atomic E-state index is 5.46. The van der Waals surface area contributed by atoms with Crippen molar-refractivity contribution in [2.75, 3.05) is 6.54 Å². The summed E-state index contributed by atoms with van der Waals surface area (Å²) in [4.78, 5) is 4.52. The Morgan fingerprint density at radius 3 is 3.21 bits per heavy atom. The van der Waals surface area contributed by atoms with E-state index >= 15 is 0 Å². The fourth-order valence-corrected chi connectivity index (χ4v) is 1.89. The fourth-order valence-electron chi connectivity index (χ4n) is 1.89. The third-order valence-corrected chi connectivity index (χ3v) is 2.74. The Balaban J connectivity index is 2.07. The number of nitrogens with two attached hydrogens (primary N) is 1. The van der Waals surface area contributed by atoms with Gasteiger partial charge in [0.1, 0.15) is 5.82 Å². The second-order valence-corrected chi connectivity index (χ2v) is 4.16. The lowest BCUT2D eigenvalue weighted by Gasteiger charge is -2.17. The first kappa shape index (κ1) is 9.65. The van der Waals surface area contributed by atoms with Gasteiger partial charge in [-0.2, -0.15) is 5.10 Å². The summed E-state index contributed by atoms with van der Waals surface area (Å²) in [5, 5.41) is 4.49. The average Bonchev–Trinajstić information content (AvgIpc) is 2.56. The van der Waals surface area contributed by atoms with Crippen molar-refractivity contribution in [3.63, 3.8) is 0 Å².